The lowest BCUT2D eigenvalue weighted by molar-refractivity contribution is -0.307. The van der Waals surface area contributed by atoms with Crippen LogP contribution in [-0.4, -0.2) is 69.0 Å². The topological polar surface area (TPSA) is 134 Å². The molecule has 0 aromatic rings. The van der Waals surface area contributed by atoms with Gasteiger partial charge in [-0.25, -0.2) is 4.79 Å². The SMILES string of the molecule is C=C1C[C@@H](O[C@@H]2O[C@H](C(=O)O)[C@@H](O)[C@H](O)[C@H]2O)C[C@@H]2CC[C@@H]3[C@H](CC[C@]4(C)C(=O)CC[C@@H]34)[C@@]12C. The van der Waals surface area contributed by atoms with Crippen molar-refractivity contribution in [1.29, 1.82) is 0 Å². The number of aliphatic hydroxyl groups excluding tert-OH is 3. The van der Waals surface area contributed by atoms with Gasteiger partial charge in [0.05, 0.1) is 6.10 Å². The number of carbonyl (C=O) groups is 2. The largest absolute Gasteiger partial charge is 0.479 e. The molecule has 1 aliphatic heterocycles. The third-order valence-electron chi connectivity index (χ3n) is 10.5. The van der Waals surface area contributed by atoms with E-state index >= 15 is 0 Å². The zero-order valence-corrected chi connectivity index (χ0v) is 20.1. The summed E-state index contributed by atoms with van der Waals surface area (Å²) in [5.74, 6) is 0.862. The number of hydrogen-bond donors (Lipinski definition) is 4. The molecule has 1 saturated heterocycles. The van der Waals surface area contributed by atoms with Crippen LogP contribution in [0.1, 0.15) is 65.2 Å². The minimum absolute atomic E-state index is 0.0406. The number of carboxylic acids is 1. The van der Waals surface area contributed by atoms with E-state index < -0.39 is 36.7 Å². The van der Waals surface area contributed by atoms with Crippen LogP contribution in [0.25, 0.3) is 0 Å². The summed E-state index contributed by atoms with van der Waals surface area (Å²) in [4.78, 5) is 24.1. The second kappa shape index (κ2) is 8.37. The molecule has 4 aliphatic carbocycles. The lowest BCUT2D eigenvalue weighted by atomic mass is 9.44. The van der Waals surface area contributed by atoms with Crippen molar-refractivity contribution < 1.29 is 39.5 Å². The Labute approximate surface area is 200 Å². The van der Waals surface area contributed by atoms with Crippen LogP contribution in [0.15, 0.2) is 12.2 Å². The average Bonchev–Trinajstić information content (AvgIpc) is 3.09. The predicted octanol–water partition coefficient (Wildman–Crippen LogP) is 2.04. The molecule has 8 heteroatoms. The van der Waals surface area contributed by atoms with Gasteiger partial charge >= 0.3 is 5.97 Å². The number of rotatable bonds is 3. The van der Waals surface area contributed by atoms with Gasteiger partial charge in [0.15, 0.2) is 12.4 Å². The van der Waals surface area contributed by atoms with E-state index in [0.29, 0.717) is 42.3 Å². The Morgan fingerprint density at radius 1 is 1.06 bits per heavy atom. The van der Waals surface area contributed by atoms with Gasteiger partial charge in [-0.2, -0.15) is 0 Å². The predicted molar refractivity (Wildman–Crippen MR) is 120 cm³/mol. The van der Waals surface area contributed by atoms with Gasteiger partial charge in [0, 0.05) is 11.8 Å². The van der Waals surface area contributed by atoms with E-state index in [2.05, 4.69) is 20.4 Å². The third kappa shape index (κ3) is 3.44. The fraction of sp³-hybridized carbons (Fsp3) is 0.846. The maximum absolute atomic E-state index is 12.7. The first-order chi connectivity index (χ1) is 16.0. The summed E-state index contributed by atoms with van der Waals surface area (Å²) >= 11 is 0. The van der Waals surface area contributed by atoms with Crippen molar-refractivity contribution in [1.82, 2.24) is 0 Å². The Kier molecular flexibility index (Phi) is 6.00. The highest BCUT2D eigenvalue weighted by molar-refractivity contribution is 5.87. The van der Waals surface area contributed by atoms with Gasteiger partial charge in [0.25, 0.3) is 0 Å². The van der Waals surface area contributed by atoms with E-state index in [9.17, 15) is 30.0 Å². The number of hydrogen-bond acceptors (Lipinski definition) is 7. The first-order valence-corrected chi connectivity index (χ1v) is 12.8. The molecule has 1 heterocycles. The number of fused-ring (bicyclic) bond motifs is 5. The lowest BCUT2D eigenvalue weighted by Crippen LogP contribution is -2.61. The molecule has 0 amide bonds. The zero-order chi connectivity index (χ0) is 24.6. The molecule has 0 bridgehead atoms. The highest BCUT2D eigenvalue weighted by Crippen LogP contribution is 2.66. The van der Waals surface area contributed by atoms with Crippen molar-refractivity contribution in [2.45, 2.75) is 102 Å². The van der Waals surface area contributed by atoms with Gasteiger partial charge in [-0.05, 0) is 74.0 Å². The van der Waals surface area contributed by atoms with E-state index in [1.165, 1.54) is 0 Å². The second-order valence-corrected chi connectivity index (χ2v) is 11.9. The fourth-order valence-electron chi connectivity index (χ4n) is 8.47. The summed E-state index contributed by atoms with van der Waals surface area (Å²) in [5.41, 5.74) is 0.908. The van der Waals surface area contributed by atoms with Crippen LogP contribution in [0.4, 0.5) is 0 Å². The van der Waals surface area contributed by atoms with Crippen molar-refractivity contribution in [3.8, 4) is 0 Å². The van der Waals surface area contributed by atoms with Crippen LogP contribution in [0, 0.1) is 34.5 Å². The van der Waals surface area contributed by atoms with Gasteiger partial charge < -0.3 is 29.9 Å². The quantitative estimate of drug-likeness (QED) is 0.358. The average molecular weight is 479 g/mol. The number of carboxylic acid groups (broad SMARTS) is 1. The molecule has 34 heavy (non-hydrogen) atoms. The summed E-state index contributed by atoms with van der Waals surface area (Å²) in [6.45, 7) is 8.99. The van der Waals surface area contributed by atoms with Crippen molar-refractivity contribution >= 4 is 11.8 Å². The van der Waals surface area contributed by atoms with Gasteiger partial charge in [-0.1, -0.05) is 26.0 Å². The summed E-state index contributed by atoms with van der Waals surface area (Å²) in [6, 6.07) is 0. The number of ether oxygens (including phenoxy) is 2. The number of carbonyl (C=O) groups excluding carboxylic acids is 1. The fourth-order valence-corrected chi connectivity index (χ4v) is 8.47. The van der Waals surface area contributed by atoms with E-state index in [4.69, 9.17) is 9.47 Å². The number of Topliss-reactive ketones (excluding diaryl/α,β-unsaturated/α-hetero) is 1. The minimum Gasteiger partial charge on any atom is -0.479 e. The second-order valence-electron chi connectivity index (χ2n) is 11.9. The van der Waals surface area contributed by atoms with Crippen molar-refractivity contribution in [3.63, 3.8) is 0 Å². The highest BCUT2D eigenvalue weighted by atomic mass is 16.7. The van der Waals surface area contributed by atoms with Crippen LogP contribution in [-0.2, 0) is 19.1 Å². The number of aliphatic carboxylic acids is 1. The Hall–Kier alpha value is -1.32. The van der Waals surface area contributed by atoms with E-state index in [1.54, 1.807) is 0 Å². The lowest BCUT2D eigenvalue weighted by Gasteiger charge is -2.61. The minimum atomic E-state index is -1.73. The molecule has 4 saturated carbocycles. The summed E-state index contributed by atoms with van der Waals surface area (Å²) in [6.07, 6.45) is -1.14. The van der Waals surface area contributed by atoms with Gasteiger partial charge in [0.2, 0.25) is 0 Å². The van der Waals surface area contributed by atoms with Crippen LogP contribution in [0.3, 0.4) is 0 Å². The summed E-state index contributed by atoms with van der Waals surface area (Å²) < 4.78 is 11.4. The summed E-state index contributed by atoms with van der Waals surface area (Å²) in [5, 5.41) is 39.7. The Morgan fingerprint density at radius 2 is 1.79 bits per heavy atom. The molecule has 8 nitrogen and oxygen atoms in total. The third-order valence-corrected chi connectivity index (χ3v) is 10.5. The molecule has 0 radical (unpaired) electrons. The molecule has 5 rings (SSSR count). The number of aliphatic hydroxyl groups is 3. The molecule has 0 aromatic heterocycles. The maximum Gasteiger partial charge on any atom is 0.335 e. The maximum atomic E-state index is 12.7. The molecule has 0 aromatic carbocycles. The van der Waals surface area contributed by atoms with E-state index in [-0.39, 0.29) is 16.9 Å². The van der Waals surface area contributed by atoms with Crippen LogP contribution in [0.2, 0.25) is 0 Å². The molecule has 12 atom stereocenters. The monoisotopic (exact) mass is 478 g/mol. The molecular formula is C26H38O8. The number of ketones is 1. The first-order valence-electron chi connectivity index (χ1n) is 12.8. The molecular weight excluding hydrogens is 440 g/mol. The van der Waals surface area contributed by atoms with E-state index in [0.717, 1.165) is 44.1 Å². The van der Waals surface area contributed by atoms with Gasteiger partial charge in [-0.15, -0.1) is 0 Å². The van der Waals surface area contributed by atoms with Crippen molar-refractivity contribution in [2.75, 3.05) is 0 Å². The van der Waals surface area contributed by atoms with Crippen LogP contribution >= 0.6 is 0 Å². The van der Waals surface area contributed by atoms with Crippen LogP contribution in [0.5, 0.6) is 0 Å². The van der Waals surface area contributed by atoms with E-state index in [1.807, 2.05) is 0 Å². The molecule has 190 valence electrons. The molecule has 5 aliphatic rings. The van der Waals surface area contributed by atoms with Gasteiger partial charge in [0.1, 0.15) is 24.1 Å². The molecule has 0 spiro atoms. The zero-order valence-electron chi connectivity index (χ0n) is 20.1. The smallest absolute Gasteiger partial charge is 0.335 e. The summed E-state index contributed by atoms with van der Waals surface area (Å²) in [7, 11) is 0. The molecule has 4 N–H and O–H groups in total. The van der Waals surface area contributed by atoms with Crippen molar-refractivity contribution in [2.24, 2.45) is 34.5 Å². The normalized spacial score (nSPS) is 53.1. The first kappa shape index (κ1) is 24.4. The Morgan fingerprint density at radius 3 is 2.50 bits per heavy atom. The standard InChI is InChI=1S/C26H38O8/c1-12-10-14(33-24-21(30)19(28)20(29)22(34-24)23(31)32)11-13-4-5-15-16-6-7-18(27)25(16,2)9-8-17(15)26(12,13)3/h13-17,19-22,24,28-30H,1,4-11H2,2-3H3,(H,31,32)/t13-,14+,15-,16-,17-,19-,20-,21+,22-,24+,25-,26-/m0/s1. The molecule has 0 unspecified atom stereocenters. The van der Waals surface area contributed by atoms with Crippen LogP contribution < -0.4 is 0 Å². The Balaban J connectivity index is 1.31. The Bertz CT molecular complexity index is 873. The highest BCUT2D eigenvalue weighted by Gasteiger charge is 2.61. The van der Waals surface area contributed by atoms with Gasteiger partial charge in [-0.3, -0.25) is 4.79 Å². The van der Waals surface area contributed by atoms with Crippen molar-refractivity contribution in [3.05, 3.63) is 12.2 Å². The molecule has 5 fully saturated rings.